The minimum atomic E-state index is -0.936. The van der Waals surface area contributed by atoms with E-state index < -0.39 is 17.7 Å². The van der Waals surface area contributed by atoms with Crippen LogP contribution in [0.2, 0.25) is 0 Å². The molecule has 1 fully saturated rings. The van der Waals surface area contributed by atoms with Crippen molar-refractivity contribution in [3.8, 4) is 0 Å². The zero-order valence-corrected chi connectivity index (χ0v) is 11.3. The van der Waals surface area contributed by atoms with Gasteiger partial charge in [0.2, 0.25) is 0 Å². The molecular weight excluding hydrogens is 248 g/mol. The molecule has 0 amide bonds. The minimum Gasteiger partial charge on any atom is -0.388 e. The van der Waals surface area contributed by atoms with Crippen molar-refractivity contribution in [2.75, 3.05) is 13.1 Å². The summed E-state index contributed by atoms with van der Waals surface area (Å²) in [6.07, 6.45) is 3.00. The smallest absolute Gasteiger partial charge is 0.164 e. The summed E-state index contributed by atoms with van der Waals surface area (Å²) in [7, 11) is 0. The summed E-state index contributed by atoms with van der Waals surface area (Å²) in [5.41, 5.74) is 0.0623. The van der Waals surface area contributed by atoms with Gasteiger partial charge in [-0.25, -0.2) is 8.78 Å². The molecule has 2 nitrogen and oxygen atoms in total. The third-order valence-corrected chi connectivity index (χ3v) is 3.60. The highest BCUT2D eigenvalue weighted by atomic mass is 19.2. The van der Waals surface area contributed by atoms with Crippen molar-refractivity contribution in [2.45, 2.75) is 44.8 Å². The lowest BCUT2D eigenvalue weighted by atomic mass is 10.1. The van der Waals surface area contributed by atoms with Crippen LogP contribution in [0.5, 0.6) is 0 Å². The van der Waals surface area contributed by atoms with Crippen LogP contribution in [0.25, 0.3) is 0 Å². The third kappa shape index (κ3) is 3.74. The first-order valence-corrected chi connectivity index (χ1v) is 6.99. The minimum absolute atomic E-state index is 0.0623. The lowest BCUT2D eigenvalue weighted by Gasteiger charge is -2.23. The Morgan fingerprint density at radius 1 is 1.32 bits per heavy atom. The number of rotatable bonds is 7. The van der Waals surface area contributed by atoms with Gasteiger partial charge in [-0.3, -0.25) is 0 Å². The van der Waals surface area contributed by atoms with E-state index in [1.54, 1.807) is 0 Å². The predicted molar refractivity (Wildman–Crippen MR) is 70.8 cm³/mol. The fraction of sp³-hybridized carbons (Fsp3) is 0.600. The van der Waals surface area contributed by atoms with Crippen molar-refractivity contribution < 1.29 is 13.9 Å². The molecule has 0 heterocycles. The van der Waals surface area contributed by atoms with Gasteiger partial charge >= 0.3 is 0 Å². The van der Waals surface area contributed by atoms with Crippen LogP contribution in [0, 0.1) is 11.6 Å². The van der Waals surface area contributed by atoms with E-state index in [0.717, 1.165) is 25.6 Å². The average Bonchev–Trinajstić information content (AvgIpc) is 3.21. The van der Waals surface area contributed by atoms with Gasteiger partial charge in [-0.15, -0.1) is 0 Å². The van der Waals surface area contributed by atoms with Crippen LogP contribution in [-0.2, 0) is 0 Å². The first-order valence-electron chi connectivity index (χ1n) is 6.99. The maximum Gasteiger partial charge on any atom is 0.164 e. The van der Waals surface area contributed by atoms with Crippen molar-refractivity contribution >= 4 is 0 Å². The molecule has 0 aromatic heterocycles. The monoisotopic (exact) mass is 269 g/mol. The van der Waals surface area contributed by atoms with E-state index in [0.29, 0.717) is 12.5 Å². The van der Waals surface area contributed by atoms with E-state index in [1.807, 2.05) is 0 Å². The largest absolute Gasteiger partial charge is 0.388 e. The Balaban J connectivity index is 1.92. The Labute approximate surface area is 113 Å². The second kappa shape index (κ2) is 6.44. The molecule has 1 aromatic carbocycles. The number of halogens is 2. The van der Waals surface area contributed by atoms with Gasteiger partial charge in [-0.05, 0) is 38.3 Å². The maximum atomic E-state index is 13.5. The van der Waals surface area contributed by atoms with Crippen molar-refractivity contribution in [1.82, 2.24) is 4.90 Å². The number of benzene rings is 1. The Kier molecular flexibility index (Phi) is 4.88. The van der Waals surface area contributed by atoms with Gasteiger partial charge in [-0.1, -0.05) is 19.1 Å². The fourth-order valence-corrected chi connectivity index (χ4v) is 2.43. The van der Waals surface area contributed by atoms with Crippen LogP contribution in [0.15, 0.2) is 18.2 Å². The van der Waals surface area contributed by atoms with Crippen molar-refractivity contribution in [3.05, 3.63) is 35.4 Å². The van der Waals surface area contributed by atoms with Gasteiger partial charge in [0, 0.05) is 18.2 Å². The zero-order chi connectivity index (χ0) is 13.8. The van der Waals surface area contributed by atoms with Crippen LogP contribution in [0.1, 0.15) is 44.3 Å². The molecule has 1 aliphatic rings. The lowest BCUT2D eigenvalue weighted by Crippen LogP contribution is -2.29. The summed E-state index contributed by atoms with van der Waals surface area (Å²) < 4.78 is 26.6. The highest BCUT2D eigenvalue weighted by Crippen LogP contribution is 2.29. The molecule has 0 radical (unpaired) electrons. The first kappa shape index (κ1) is 14.4. The van der Waals surface area contributed by atoms with E-state index >= 15 is 0 Å². The number of hydrogen-bond acceptors (Lipinski definition) is 2. The molecule has 2 rings (SSSR count). The maximum absolute atomic E-state index is 13.5. The topological polar surface area (TPSA) is 23.5 Å². The number of aliphatic hydroxyl groups is 1. The molecule has 0 saturated heterocycles. The summed E-state index contributed by atoms with van der Waals surface area (Å²) in [5.74, 6) is -1.83. The van der Waals surface area contributed by atoms with Crippen LogP contribution >= 0.6 is 0 Å². The number of hydrogen-bond donors (Lipinski definition) is 1. The number of aliphatic hydroxyl groups excluding tert-OH is 1. The molecular formula is C15H21F2NO. The van der Waals surface area contributed by atoms with Gasteiger partial charge in [0.05, 0.1) is 6.10 Å². The van der Waals surface area contributed by atoms with Gasteiger partial charge in [0.1, 0.15) is 0 Å². The van der Waals surface area contributed by atoms with Crippen molar-refractivity contribution in [2.24, 2.45) is 0 Å². The highest BCUT2D eigenvalue weighted by molar-refractivity contribution is 5.21. The molecule has 0 spiro atoms. The van der Waals surface area contributed by atoms with Gasteiger partial charge in [-0.2, -0.15) is 0 Å². The second-order valence-electron chi connectivity index (χ2n) is 5.21. The van der Waals surface area contributed by atoms with Gasteiger partial charge in [0.25, 0.3) is 0 Å². The van der Waals surface area contributed by atoms with E-state index in [2.05, 4.69) is 11.8 Å². The average molecular weight is 269 g/mol. The molecule has 1 unspecified atom stereocenters. The van der Waals surface area contributed by atoms with Crippen LogP contribution in [-0.4, -0.2) is 29.1 Å². The van der Waals surface area contributed by atoms with Crippen molar-refractivity contribution in [1.29, 1.82) is 0 Å². The van der Waals surface area contributed by atoms with Gasteiger partial charge < -0.3 is 10.0 Å². The molecule has 106 valence electrons. The second-order valence-corrected chi connectivity index (χ2v) is 5.21. The molecule has 1 atom stereocenters. The molecule has 1 aromatic rings. The van der Waals surface area contributed by atoms with Gasteiger partial charge in [0.15, 0.2) is 11.6 Å². The summed E-state index contributed by atoms with van der Waals surface area (Å²) in [4.78, 5) is 2.33. The van der Waals surface area contributed by atoms with Crippen LogP contribution < -0.4 is 0 Å². The quantitative estimate of drug-likeness (QED) is 0.821. The molecule has 1 N–H and O–H groups in total. The normalized spacial score (nSPS) is 16.9. The van der Waals surface area contributed by atoms with Crippen LogP contribution in [0.3, 0.4) is 0 Å². The first-order chi connectivity index (χ1) is 9.13. The summed E-state index contributed by atoms with van der Waals surface area (Å²) in [5, 5.41) is 10.0. The fourth-order valence-electron chi connectivity index (χ4n) is 2.43. The predicted octanol–water partition coefficient (Wildman–Crippen LogP) is 3.26. The standard InChI is InChI=1S/C15H21F2NO/c1-2-9-18(11-6-7-11)10-8-14(19)12-4-3-5-13(16)15(12)17/h3-5,11,14,19H,2,6-10H2,1H3. The number of nitrogens with zero attached hydrogens (tertiary/aromatic N) is 1. The van der Waals surface area contributed by atoms with E-state index in [9.17, 15) is 13.9 Å². The lowest BCUT2D eigenvalue weighted by molar-refractivity contribution is 0.135. The van der Waals surface area contributed by atoms with E-state index in [4.69, 9.17) is 0 Å². The highest BCUT2D eigenvalue weighted by Gasteiger charge is 2.28. The molecule has 1 aliphatic carbocycles. The van der Waals surface area contributed by atoms with Crippen LogP contribution in [0.4, 0.5) is 8.78 Å². The summed E-state index contributed by atoms with van der Waals surface area (Å²) in [6, 6.07) is 4.58. The summed E-state index contributed by atoms with van der Waals surface area (Å²) >= 11 is 0. The molecule has 4 heteroatoms. The van der Waals surface area contributed by atoms with E-state index in [-0.39, 0.29) is 5.56 Å². The molecule has 1 saturated carbocycles. The molecule has 0 aliphatic heterocycles. The molecule has 0 bridgehead atoms. The summed E-state index contributed by atoms with van der Waals surface area (Å²) in [6.45, 7) is 3.86. The Morgan fingerprint density at radius 2 is 2.05 bits per heavy atom. The Morgan fingerprint density at radius 3 is 2.68 bits per heavy atom. The van der Waals surface area contributed by atoms with Crippen molar-refractivity contribution in [3.63, 3.8) is 0 Å². The zero-order valence-electron chi connectivity index (χ0n) is 11.3. The third-order valence-electron chi connectivity index (χ3n) is 3.60. The Hall–Kier alpha value is -1.00. The molecule has 19 heavy (non-hydrogen) atoms. The SMILES string of the molecule is CCCN(CCC(O)c1cccc(F)c1F)C1CC1. The Bertz CT molecular complexity index is 421. The van der Waals surface area contributed by atoms with E-state index in [1.165, 1.54) is 25.0 Å².